The molecule has 2 aromatic carbocycles. The predicted octanol–water partition coefficient (Wildman–Crippen LogP) is 2.44. The van der Waals surface area contributed by atoms with E-state index in [1.165, 1.54) is 12.1 Å². The molecule has 0 radical (unpaired) electrons. The van der Waals surface area contributed by atoms with E-state index in [9.17, 15) is 18.3 Å². The molecule has 3 N–H and O–H groups in total. The maximum atomic E-state index is 12.6. The summed E-state index contributed by atoms with van der Waals surface area (Å²) in [4.78, 5) is 15.0. The monoisotopic (exact) mass is 344 g/mol. The van der Waals surface area contributed by atoms with Gasteiger partial charge in [0.1, 0.15) is 11.3 Å². The van der Waals surface area contributed by atoms with Crippen LogP contribution in [0.2, 0.25) is 0 Å². The second-order valence-corrected chi connectivity index (χ2v) is 6.62. The lowest BCUT2D eigenvalue weighted by molar-refractivity contribution is 0.0694. The summed E-state index contributed by atoms with van der Waals surface area (Å²) in [7, 11) is -3.94. The molecule has 8 heteroatoms. The van der Waals surface area contributed by atoms with E-state index in [0.29, 0.717) is 10.9 Å². The molecule has 0 saturated heterocycles. The highest BCUT2D eigenvalue weighted by atomic mass is 32.2. The summed E-state index contributed by atoms with van der Waals surface area (Å²) in [5, 5.41) is 19.0. The van der Waals surface area contributed by atoms with Gasteiger partial charge in [0.25, 0.3) is 10.0 Å². The summed E-state index contributed by atoms with van der Waals surface area (Å²) >= 11 is 0. The van der Waals surface area contributed by atoms with Crippen LogP contribution in [0.25, 0.3) is 10.9 Å². The molecule has 3 aromatic rings. The van der Waals surface area contributed by atoms with Crippen LogP contribution < -0.4 is 4.72 Å². The van der Waals surface area contributed by atoms with Gasteiger partial charge in [-0.1, -0.05) is 6.07 Å². The van der Waals surface area contributed by atoms with Gasteiger partial charge in [-0.2, -0.15) is 0 Å². The first kappa shape index (κ1) is 15.8. The van der Waals surface area contributed by atoms with Crippen molar-refractivity contribution in [1.29, 1.82) is 0 Å². The zero-order valence-electron chi connectivity index (χ0n) is 12.2. The van der Waals surface area contributed by atoms with Gasteiger partial charge in [0.05, 0.1) is 16.1 Å². The van der Waals surface area contributed by atoms with E-state index in [1.807, 2.05) is 0 Å². The van der Waals surface area contributed by atoms with Crippen LogP contribution in [-0.4, -0.2) is 29.6 Å². The van der Waals surface area contributed by atoms with Gasteiger partial charge in [-0.25, -0.2) is 13.2 Å². The van der Waals surface area contributed by atoms with E-state index in [0.717, 1.165) is 12.1 Å². The fourth-order valence-corrected chi connectivity index (χ4v) is 3.56. The minimum absolute atomic E-state index is 0.0369. The van der Waals surface area contributed by atoms with Crippen LogP contribution >= 0.6 is 0 Å². The Morgan fingerprint density at radius 2 is 1.88 bits per heavy atom. The lowest BCUT2D eigenvalue weighted by Gasteiger charge is -2.11. The number of rotatable bonds is 4. The Labute approximate surface area is 137 Å². The van der Waals surface area contributed by atoms with Crippen LogP contribution in [-0.2, 0) is 10.0 Å². The highest BCUT2D eigenvalue weighted by Crippen LogP contribution is 2.26. The normalized spacial score (nSPS) is 11.3. The quantitative estimate of drug-likeness (QED) is 0.669. The number of pyridine rings is 1. The van der Waals surface area contributed by atoms with Crippen LogP contribution in [0.15, 0.2) is 59.6 Å². The number of aromatic carboxylic acids is 1. The van der Waals surface area contributed by atoms with Gasteiger partial charge in [0.2, 0.25) is 0 Å². The predicted molar refractivity (Wildman–Crippen MR) is 87.6 cm³/mol. The van der Waals surface area contributed by atoms with Crippen LogP contribution in [0.1, 0.15) is 10.4 Å². The number of hydrogen-bond donors (Lipinski definition) is 3. The summed E-state index contributed by atoms with van der Waals surface area (Å²) in [5.74, 6) is -1.83. The van der Waals surface area contributed by atoms with Gasteiger partial charge >= 0.3 is 5.97 Å². The number of benzene rings is 2. The minimum Gasteiger partial charge on any atom is -0.507 e. The number of nitrogens with zero attached hydrogens (tertiary/aromatic N) is 1. The summed E-state index contributed by atoms with van der Waals surface area (Å²) in [6.07, 6.45) is 1.56. The molecule has 122 valence electrons. The summed E-state index contributed by atoms with van der Waals surface area (Å²) < 4.78 is 27.5. The number of phenols is 1. The standard InChI is InChI=1S/C16H12N2O5S/c19-14-9-10(6-7-12(14)16(20)21)18-24(22,23)15-5-1-4-13-11(15)3-2-8-17-13/h1-9,18-19H,(H,20,21). The Morgan fingerprint density at radius 3 is 2.58 bits per heavy atom. The van der Waals surface area contributed by atoms with Crippen molar-refractivity contribution in [2.45, 2.75) is 4.90 Å². The van der Waals surface area contributed by atoms with Crippen LogP contribution in [0.4, 0.5) is 5.69 Å². The Morgan fingerprint density at radius 1 is 1.08 bits per heavy atom. The van der Waals surface area contributed by atoms with Crippen molar-refractivity contribution < 1.29 is 23.4 Å². The molecule has 0 spiro atoms. The third-order valence-corrected chi connectivity index (χ3v) is 4.82. The van der Waals surface area contributed by atoms with E-state index >= 15 is 0 Å². The molecule has 0 unspecified atom stereocenters. The molecule has 0 aliphatic carbocycles. The largest absolute Gasteiger partial charge is 0.507 e. The zero-order chi connectivity index (χ0) is 17.3. The fourth-order valence-electron chi connectivity index (χ4n) is 2.30. The highest BCUT2D eigenvalue weighted by Gasteiger charge is 2.19. The van der Waals surface area contributed by atoms with Crippen molar-refractivity contribution in [2.75, 3.05) is 4.72 Å². The number of sulfonamides is 1. The minimum atomic E-state index is -3.94. The van der Waals surface area contributed by atoms with Gasteiger partial charge in [0, 0.05) is 17.6 Å². The smallest absolute Gasteiger partial charge is 0.339 e. The van der Waals surface area contributed by atoms with Crippen molar-refractivity contribution in [2.24, 2.45) is 0 Å². The van der Waals surface area contributed by atoms with Crippen LogP contribution in [0.3, 0.4) is 0 Å². The van der Waals surface area contributed by atoms with Gasteiger partial charge < -0.3 is 10.2 Å². The fraction of sp³-hybridized carbons (Fsp3) is 0. The van der Waals surface area contributed by atoms with Crippen molar-refractivity contribution in [1.82, 2.24) is 4.98 Å². The van der Waals surface area contributed by atoms with Gasteiger partial charge in [-0.3, -0.25) is 9.71 Å². The third kappa shape index (κ3) is 2.86. The number of hydrogen-bond acceptors (Lipinski definition) is 5. The lowest BCUT2D eigenvalue weighted by Crippen LogP contribution is -2.13. The average Bonchev–Trinajstić information content (AvgIpc) is 2.53. The summed E-state index contributed by atoms with van der Waals surface area (Å²) in [6.45, 7) is 0. The first-order valence-electron chi connectivity index (χ1n) is 6.81. The van der Waals surface area contributed by atoms with Gasteiger partial charge in [0.15, 0.2) is 0 Å². The number of carbonyl (C=O) groups is 1. The second kappa shape index (κ2) is 5.82. The molecule has 0 aliphatic rings. The van der Waals surface area contributed by atoms with Gasteiger partial charge in [-0.05, 0) is 36.4 Å². The first-order chi connectivity index (χ1) is 11.4. The maximum Gasteiger partial charge on any atom is 0.339 e. The molecule has 0 aliphatic heterocycles. The summed E-state index contributed by atoms with van der Waals surface area (Å²) in [5.41, 5.74) is 0.273. The van der Waals surface area contributed by atoms with Crippen molar-refractivity contribution in [3.63, 3.8) is 0 Å². The van der Waals surface area contributed by atoms with E-state index in [2.05, 4.69) is 9.71 Å². The molecule has 7 nitrogen and oxygen atoms in total. The number of carboxylic acids is 1. The molecule has 0 amide bonds. The molecule has 1 heterocycles. The molecular formula is C16H12N2O5S. The molecule has 0 atom stereocenters. The zero-order valence-corrected chi connectivity index (χ0v) is 13.0. The number of nitrogens with one attached hydrogen (secondary N) is 1. The number of fused-ring (bicyclic) bond motifs is 1. The Balaban J connectivity index is 2.02. The number of anilines is 1. The second-order valence-electron chi connectivity index (χ2n) is 4.97. The molecule has 1 aromatic heterocycles. The Kier molecular flexibility index (Phi) is 3.82. The Bertz CT molecular complexity index is 1040. The highest BCUT2D eigenvalue weighted by molar-refractivity contribution is 7.93. The molecule has 0 fully saturated rings. The maximum absolute atomic E-state index is 12.6. The molecule has 3 rings (SSSR count). The van der Waals surface area contributed by atoms with Crippen molar-refractivity contribution >= 4 is 32.6 Å². The SMILES string of the molecule is O=C(O)c1ccc(NS(=O)(=O)c2cccc3ncccc23)cc1O. The first-order valence-corrected chi connectivity index (χ1v) is 8.30. The van der Waals surface area contributed by atoms with E-state index < -0.39 is 21.7 Å². The summed E-state index contributed by atoms with van der Waals surface area (Å²) in [6, 6.07) is 11.4. The Hall–Kier alpha value is -3.13. The van der Waals surface area contributed by atoms with Crippen molar-refractivity contribution in [3.05, 3.63) is 60.3 Å². The number of aromatic hydroxyl groups is 1. The molecular weight excluding hydrogens is 332 g/mol. The number of aromatic nitrogens is 1. The van der Waals surface area contributed by atoms with E-state index in [4.69, 9.17) is 5.11 Å². The van der Waals surface area contributed by atoms with Crippen molar-refractivity contribution in [3.8, 4) is 5.75 Å². The van der Waals surface area contributed by atoms with Crippen LogP contribution in [0, 0.1) is 0 Å². The molecule has 24 heavy (non-hydrogen) atoms. The number of carboxylic acid groups (broad SMARTS) is 1. The molecule has 0 bridgehead atoms. The van der Waals surface area contributed by atoms with E-state index in [-0.39, 0.29) is 16.1 Å². The third-order valence-electron chi connectivity index (χ3n) is 3.38. The lowest BCUT2D eigenvalue weighted by atomic mass is 10.2. The van der Waals surface area contributed by atoms with Crippen LogP contribution in [0.5, 0.6) is 5.75 Å². The average molecular weight is 344 g/mol. The molecule has 0 saturated carbocycles. The van der Waals surface area contributed by atoms with Gasteiger partial charge in [-0.15, -0.1) is 0 Å². The van der Waals surface area contributed by atoms with E-state index in [1.54, 1.807) is 30.5 Å². The topological polar surface area (TPSA) is 117 Å².